The third kappa shape index (κ3) is 4.12. The van der Waals surface area contributed by atoms with Crippen LogP contribution in [0, 0.1) is 5.92 Å². The molecule has 0 aromatic carbocycles. The van der Waals surface area contributed by atoms with Gasteiger partial charge in [-0.1, -0.05) is 12.8 Å². The minimum atomic E-state index is -0.513. The van der Waals surface area contributed by atoms with Gasteiger partial charge in [0.1, 0.15) is 12.1 Å². The summed E-state index contributed by atoms with van der Waals surface area (Å²) >= 11 is 0. The summed E-state index contributed by atoms with van der Waals surface area (Å²) in [6.45, 7) is 7.74. The van der Waals surface area contributed by atoms with Crippen LogP contribution in [0.15, 0.2) is 0 Å². The van der Waals surface area contributed by atoms with Crippen molar-refractivity contribution in [1.82, 2.24) is 9.80 Å². The number of carbonyl (C=O) groups is 2. The Kier molecular flexibility index (Phi) is 4.55. The third-order valence-corrected chi connectivity index (χ3v) is 3.92. The summed E-state index contributed by atoms with van der Waals surface area (Å²) in [5.74, 6) is 0.709. The minimum Gasteiger partial charge on any atom is -0.444 e. The van der Waals surface area contributed by atoms with Crippen LogP contribution >= 0.6 is 0 Å². The molecule has 114 valence electrons. The maximum Gasteiger partial charge on any atom is 0.410 e. The van der Waals surface area contributed by atoms with E-state index in [0.717, 1.165) is 6.54 Å². The number of nitrogens with zero attached hydrogens (tertiary/aromatic N) is 2. The van der Waals surface area contributed by atoms with Crippen molar-refractivity contribution in [3.05, 3.63) is 0 Å². The molecule has 2 rings (SSSR count). The zero-order chi connectivity index (χ0) is 14.8. The van der Waals surface area contributed by atoms with Gasteiger partial charge in [0.25, 0.3) is 0 Å². The molecule has 2 fully saturated rings. The van der Waals surface area contributed by atoms with Crippen LogP contribution in [0.5, 0.6) is 0 Å². The molecule has 5 heteroatoms. The Morgan fingerprint density at radius 1 is 1.25 bits per heavy atom. The van der Waals surface area contributed by atoms with Crippen molar-refractivity contribution in [1.29, 1.82) is 0 Å². The van der Waals surface area contributed by atoms with Gasteiger partial charge in [0.2, 0.25) is 5.91 Å². The number of amides is 2. The van der Waals surface area contributed by atoms with Crippen LogP contribution < -0.4 is 0 Å². The fraction of sp³-hybridized carbons (Fsp3) is 0.867. The van der Waals surface area contributed by atoms with Crippen LogP contribution in [0.2, 0.25) is 0 Å². The molecule has 0 aromatic heterocycles. The highest BCUT2D eigenvalue weighted by molar-refractivity contribution is 5.83. The molecule has 0 radical (unpaired) electrons. The Hall–Kier alpha value is -1.26. The number of hydrogen-bond donors (Lipinski definition) is 0. The highest BCUT2D eigenvalue weighted by Gasteiger charge is 2.31. The molecule has 20 heavy (non-hydrogen) atoms. The molecular weight excluding hydrogens is 256 g/mol. The van der Waals surface area contributed by atoms with Gasteiger partial charge in [-0.3, -0.25) is 9.69 Å². The van der Waals surface area contributed by atoms with Gasteiger partial charge in [-0.15, -0.1) is 0 Å². The van der Waals surface area contributed by atoms with Gasteiger partial charge in [0, 0.05) is 19.6 Å². The van der Waals surface area contributed by atoms with E-state index in [-0.39, 0.29) is 18.5 Å². The average molecular weight is 282 g/mol. The maximum atomic E-state index is 12.1. The van der Waals surface area contributed by atoms with Crippen LogP contribution in [0.3, 0.4) is 0 Å². The molecule has 0 N–H and O–H groups in total. The van der Waals surface area contributed by atoms with Crippen molar-refractivity contribution in [2.75, 3.05) is 26.2 Å². The van der Waals surface area contributed by atoms with Crippen molar-refractivity contribution in [3.63, 3.8) is 0 Å². The Morgan fingerprint density at radius 3 is 2.45 bits per heavy atom. The van der Waals surface area contributed by atoms with E-state index in [1.807, 2.05) is 25.7 Å². The number of hydrogen-bond acceptors (Lipinski definition) is 3. The van der Waals surface area contributed by atoms with Gasteiger partial charge in [-0.2, -0.15) is 0 Å². The first-order valence-corrected chi connectivity index (χ1v) is 7.61. The minimum absolute atomic E-state index is 0.0500. The van der Waals surface area contributed by atoms with Gasteiger partial charge < -0.3 is 9.64 Å². The summed E-state index contributed by atoms with van der Waals surface area (Å²) in [5, 5.41) is 0. The number of carbonyl (C=O) groups excluding carboxylic acids is 2. The Morgan fingerprint density at radius 2 is 1.90 bits per heavy atom. The summed E-state index contributed by atoms with van der Waals surface area (Å²) in [6.07, 6.45) is 4.67. The molecule has 0 spiro atoms. The van der Waals surface area contributed by atoms with E-state index in [2.05, 4.69) is 0 Å². The molecular formula is C15H26N2O3. The van der Waals surface area contributed by atoms with Crippen LogP contribution in [0.1, 0.15) is 46.5 Å². The van der Waals surface area contributed by atoms with Crippen LogP contribution in [0.25, 0.3) is 0 Å². The predicted octanol–water partition coefficient (Wildman–Crippen LogP) is 2.26. The molecule has 5 nitrogen and oxygen atoms in total. The smallest absolute Gasteiger partial charge is 0.410 e. The summed E-state index contributed by atoms with van der Waals surface area (Å²) in [6, 6.07) is 0. The zero-order valence-corrected chi connectivity index (χ0v) is 12.9. The highest BCUT2D eigenvalue weighted by atomic mass is 16.6. The monoisotopic (exact) mass is 282 g/mol. The zero-order valence-electron chi connectivity index (χ0n) is 12.9. The molecule has 0 bridgehead atoms. The molecule has 2 amide bonds. The fourth-order valence-corrected chi connectivity index (χ4v) is 2.89. The molecule has 0 unspecified atom stereocenters. The average Bonchev–Trinajstić information content (AvgIpc) is 2.82. The predicted molar refractivity (Wildman–Crippen MR) is 76.3 cm³/mol. The van der Waals surface area contributed by atoms with Gasteiger partial charge in [0.15, 0.2) is 0 Å². The van der Waals surface area contributed by atoms with Gasteiger partial charge in [0.05, 0.1) is 0 Å². The molecule has 0 aromatic rings. The first-order chi connectivity index (χ1) is 9.35. The van der Waals surface area contributed by atoms with E-state index in [1.54, 1.807) is 0 Å². The van der Waals surface area contributed by atoms with Crippen LogP contribution in [-0.2, 0) is 9.53 Å². The first-order valence-electron chi connectivity index (χ1n) is 7.61. The van der Waals surface area contributed by atoms with E-state index >= 15 is 0 Å². The van der Waals surface area contributed by atoms with Crippen molar-refractivity contribution >= 4 is 12.0 Å². The molecule has 2 aliphatic rings. The van der Waals surface area contributed by atoms with Crippen molar-refractivity contribution in [2.24, 2.45) is 5.92 Å². The fourth-order valence-electron chi connectivity index (χ4n) is 2.89. The summed E-state index contributed by atoms with van der Waals surface area (Å²) < 4.78 is 5.31. The van der Waals surface area contributed by atoms with Crippen molar-refractivity contribution in [2.45, 2.75) is 52.1 Å². The van der Waals surface area contributed by atoms with Gasteiger partial charge >= 0.3 is 6.09 Å². The number of ether oxygens (including phenoxy) is 1. The molecule has 0 atom stereocenters. The Bertz CT molecular complexity index is 370. The lowest BCUT2D eigenvalue weighted by Gasteiger charge is -2.36. The van der Waals surface area contributed by atoms with E-state index in [1.165, 1.54) is 30.6 Å². The lowest BCUT2D eigenvalue weighted by atomic mass is 10.1. The lowest BCUT2D eigenvalue weighted by molar-refractivity contribution is -0.136. The number of rotatable bonds is 2. The van der Waals surface area contributed by atoms with Crippen LogP contribution in [0.4, 0.5) is 4.79 Å². The Labute approximate surface area is 121 Å². The van der Waals surface area contributed by atoms with E-state index in [9.17, 15) is 9.59 Å². The first kappa shape index (κ1) is 15.1. The second kappa shape index (κ2) is 6.02. The van der Waals surface area contributed by atoms with Crippen molar-refractivity contribution < 1.29 is 14.3 Å². The summed E-state index contributed by atoms with van der Waals surface area (Å²) in [7, 11) is 0. The van der Waals surface area contributed by atoms with E-state index in [4.69, 9.17) is 4.74 Å². The standard InChI is InChI=1S/C15H26N2O3/c1-15(2,3)20-14(19)17-9-8-16(13(18)11-17)10-12-6-4-5-7-12/h12H,4-11H2,1-3H3. The molecule has 1 heterocycles. The Balaban J connectivity index is 1.82. The normalized spacial score (nSPS) is 21.4. The summed E-state index contributed by atoms with van der Waals surface area (Å²) in [4.78, 5) is 27.5. The lowest BCUT2D eigenvalue weighted by Crippen LogP contribution is -2.54. The number of piperazine rings is 1. The maximum absolute atomic E-state index is 12.1. The van der Waals surface area contributed by atoms with Gasteiger partial charge in [-0.05, 0) is 39.5 Å². The van der Waals surface area contributed by atoms with Gasteiger partial charge in [-0.25, -0.2) is 4.79 Å². The van der Waals surface area contributed by atoms with E-state index in [0.29, 0.717) is 19.0 Å². The SMILES string of the molecule is CC(C)(C)OC(=O)N1CCN(CC2CCCC2)C(=O)C1. The summed E-state index contributed by atoms with van der Waals surface area (Å²) in [5.41, 5.74) is -0.513. The second-order valence-corrected chi connectivity index (χ2v) is 6.89. The second-order valence-electron chi connectivity index (χ2n) is 6.89. The molecule has 1 aliphatic carbocycles. The molecule has 1 aliphatic heterocycles. The third-order valence-electron chi connectivity index (χ3n) is 3.92. The van der Waals surface area contributed by atoms with E-state index < -0.39 is 5.60 Å². The quantitative estimate of drug-likeness (QED) is 0.780. The topological polar surface area (TPSA) is 49.9 Å². The molecule has 1 saturated heterocycles. The highest BCUT2D eigenvalue weighted by Crippen LogP contribution is 2.26. The largest absolute Gasteiger partial charge is 0.444 e. The van der Waals surface area contributed by atoms with Crippen molar-refractivity contribution in [3.8, 4) is 0 Å². The molecule has 1 saturated carbocycles. The van der Waals surface area contributed by atoms with Crippen LogP contribution in [-0.4, -0.2) is 53.6 Å².